The summed E-state index contributed by atoms with van der Waals surface area (Å²) in [5.41, 5.74) is 6.89. The second-order valence-corrected chi connectivity index (χ2v) is 6.67. The monoisotopic (exact) mass is 321 g/mol. The van der Waals surface area contributed by atoms with Gasteiger partial charge in [0.05, 0.1) is 22.3 Å². The highest BCUT2D eigenvalue weighted by Crippen LogP contribution is 2.28. The molecular formula is C14H12ClN3O2S. The zero-order valence-electron chi connectivity index (χ0n) is 11.1. The maximum atomic E-state index is 12.6. The molecule has 5 nitrogen and oxygen atoms in total. The van der Waals surface area contributed by atoms with Crippen molar-refractivity contribution in [1.82, 2.24) is 0 Å². The molecule has 0 spiro atoms. The van der Waals surface area contributed by atoms with Gasteiger partial charge < -0.3 is 5.73 Å². The molecule has 108 valence electrons. The van der Waals surface area contributed by atoms with E-state index in [2.05, 4.69) is 0 Å². The van der Waals surface area contributed by atoms with E-state index < -0.39 is 10.0 Å². The fourth-order valence-electron chi connectivity index (χ4n) is 1.75. The van der Waals surface area contributed by atoms with E-state index in [1.54, 1.807) is 24.3 Å². The van der Waals surface area contributed by atoms with Crippen molar-refractivity contribution in [2.45, 2.75) is 4.90 Å². The van der Waals surface area contributed by atoms with E-state index in [0.717, 1.165) is 4.31 Å². The van der Waals surface area contributed by atoms with Gasteiger partial charge in [0, 0.05) is 12.7 Å². The summed E-state index contributed by atoms with van der Waals surface area (Å²) < 4.78 is 26.2. The number of halogens is 1. The number of sulfonamides is 1. The first-order valence-corrected chi connectivity index (χ1v) is 7.72. The molecule has 0 aromatic heterocycles. The number of nitrogen functional groups attached to an aromatic ring is 1. The van der Waals surface area contributed by atoms with Crippen LogP contribution in [0.25, 0.3) is 0 Å². The third kappa shape index (κ3) is 2.94. The Labute approximate surface area is 128 Å². The molecule has 0 amide bonds. The maximum Gasteiger partial charge on any atom is 0.265 e. The molecule has 2 N–H and O–H groups in total. The lowest BCUT2D eigenvalue weighted by Crippen LogP contribution is -2.26. The van der Waals surface area contributed by atoms with Crippen LogP contribution in [0, 0.1) is 11.3 Å². The van der Waals surface area contributed by atoms with Gasteiger partial charge in [-0.25, -0.2) is 8.42 Å². The Morgan fingerprint density at radius 2 is 1.81 bits per heavy atom. The van der Waals surface area contributed by atoms with Crippen molar-refractivity contribution < 1.29 is 8.42 Å². The van der Waals surface area contributed by atoms with Crippen molar-refractivity contribution in [3.63, 3.8) is 0 Å². The Morgan fingerprint density at radius 1 is 1.19 bits per heavy atom. The van der Waals surface area contributed by atoms with Crippen LogP contribution in [0.5, 0.6) is 0 Å². The van der Waals surface area contributed by atoms with E-state index in [-0.39, 0.29) is 9.92 Å². The molecule has 0 saturated heterocycles. The summed E-state index contributed by atoms with van der Waals surface area (Å²) in [6.45, 7) is 0. The van der Waals surface area contributed by atoms with E-state index in [9.17, 15) is 8.42 Å². The van der Waals surface area contributed by atoms with Crippen molar-refractivity contribution in [3.05, 3.63) is 53.1 Å². The highest BCUT2D eigenvalue weighted by atomic mass is 35.5. The fraction of sp³-hybridized carbons (Fsp3) is 0.0714. The highest BCUT2D eigenvalue weighted by molar-refractivity contribution is 7.93. The molecule has 0 bridgehead atoms. The molecule has 0 aliphatic carbocycles. The SMILES string of the molecule is CN(c1ccc(N)cc1)S(=O)(=O)c1ccc(C#N)cc1Cl. The van der Waals surface area contributed by atoms with E-state index in [4.69, 9.17) is 22.6 Å². The number of anilines is 2. The molecule has 0 heterocycles. The molecule has 0 aliphatic heterocycles. The predicted octanol–water partition coefficient (Wildman–Crippen LogP) is 2.62. The van der Waals surface area contributed by atoms with Crippen molar-refractivity contribution >= 4 is 33.0 Å². The van der Waals surface area contributed by atoms with E-state index in [1.165, 1.54) is 25.2 Å². The third-order valence-corrected chi connectivity index (χ3v) is 5.22. The lowest BCUT2D eigenvalue weighted by molar-refractivity contribution is 0.594. The Morgan fingerprint density at radius 3 is 2.33 bits per heavy atom. The van der Waals surface area contributed by atoms with Gasteiger partial charge >= 0.3 is 0 Å². The molecule has 0 atom stereocenters. The normalized spacial score (nSPS) is 10.9. The van der Waals surface area contributed by atoms with Gasteiger partial charge in [-0.1, -0.05) is 11.6 Å². The van der Waals surface area contributed by atoms with Gasteiger partial charge in [0.15, 0.2) is 0 Å². The number of rotatable bonds is 3. The molecule has 0 aliphatic rings. The average Bonchev–Trinajstić information content (AvgIpc) is 2.46. The zero-order chi connectivity index (χ0) is 15.6. The highest BCUT2D eigenvalue weighted by Gasteiger charge is 2.24. The van der Waals surface area contributed by atoms with Gasteiger partial charge in [0.2, 0.25) is 0 Å². The van der Waals surface area contributed by atoms with Crippen LogP contribution in [0.2, 0.25) is 5.02 Å². The first kappa shape index (κ1) is 15.2. The largest absolute Gasteiger partial charge is 0.399 e. The zero-order valence-corrected chi connectivity index (χ0v) is 12.7. The molecule has 2 rings (SSSR count). The van der Waals surface area contributed by atoms with Gasteiger partial charge in [0.1, 0.15) is 4.90 Å². The minimum Gasteiger partial charge on any atom is -0.399 e. The van der Waals surface area contributed by atoms with E-state index >= 15 is 0 Å². The quantitative estimate of drug-likeness (QED) is 0.880. The van der Waals surface area contributed by atoms with Crippen LogP contribution in [-0.4, -0.2) is 15.5 Å². The van der Waals surface area contributed by atoms with Gasteiger partial charge in [0.25, 0.3) is 10.0 Å². The molecule has 7 heteroatoms. The second-order valence-electron chi connectivity index (χ2n) is 4.32. The third-order valence-electron chi connectivity index (χ3n) is 2.96. The number of nitrogens with two attached hydrogens (primary N) is 1. The van der Waals surface area contributed by atoms with Crippen molar-refractivity contribution in [2.75, 3.05) is 17.1 Å². The molecule has 0 saturated carbocycles. The van der Waals surface area contributed by atoms with E-state index in [1.807, 2.05) is 6.07 Å². The minimum atomic E-state index is -3.81. The summed E-state index contributed by atoms with van der Waals surface area (Å²) in [5, 5.41) is 8.80. The number of hydrogen-bond donors (Lipinski definition) is 1. The number of nitriles is 1. The average molecular weight is 322 g/mol. The summed E-state index contributed by atoms with van der Waals surface area (Å²) >= 11 is 5.97. The molecule has 0 fully saturated rings. The number of benzene rings is 2. The van der Waals surface area contributed by atoms with Gasteiger partial charge in [-0.05, 0) is 42.5 Å². The fourth-order valence-corrected chi connectivity index (χ4v) is 3.46. The maximum absolute atomic E-state index is 12.6. The Bertz CT molecular complexity index is 811. The van der Waals surface area contributed by atoms with Crippen LogP contribution in [0.15, 0.2) is 47.4 Å². The lowest BCUT2D eigenvalue weighted by Gasteiger charge is -2.20. The molecule has 0 unspecified atom stereocenters. The van der Waals surface area contributed by atoms with Crippen molar-refractivity contribution in [1.29, 1.82) is 5.26 Å². The van der Waals surface area contributed by atoms with Crippen LogP contribution < -0.4 is 10.0 Å². The Balaban J connectivity index is 2.47. The topological polar surface area (TPSA) is 87.2 Å². The molecule has 2 aromatic rings. The standard InChI is InChI=1S/C14H12ClN3O2S/c1-18(12-5-3-11(17)4-6-12)21(19,20)14-7-2-10(9-16)8-13(14)15/h2-8H,17H2,1H3. The summed E-state index contributed by atoms with van der Waals surface area (Å²) in [6, 6.07) is 12.4. The van der Waals surface area contributed by atoms with Crippen LogP contribution in [0.3, 0.4) is 0 Å². The van der Waals surface area contributed by atoms with Crippen LogP contribution in [0.1, 0.15) is 5.56 Å². The van der Waals surface area contributed by atoms with Crippen molar-refractivity contribution in [2.24, 2.45) is 0 Å². The smallest absolute Gasteiger partial charge is 0.265 e. The first-order valence-electron chi connectivity index (χ1n) is 5.90. The summed E-state index contributed by atoms with van der Waals surface area (Å²) in [7, 11) is -2.38. The molecule has 21 heavy (non-hydrogen) atoms. The van der Waals surface area contributed by atoms with Gasteiger partial charge in [-0.15, -0.1) is 0 Å². The molecular weight excluding hydrogens is 310 g/mol. The van der Waals surface area contributed by atoms with Gasteiger partial charge in [-0.3, -0.25) is 4.31 Å². The van der Waals surface area contributed by atoms with Crippen LogP contribution in [-0.2, 0) is 10.0 Å². The Hall–Kier alpha value is -2.23. The molecule has 0 radical (unpaired) electrons. The minimum absolute atomic E-state index is 0.0105. The lowest BCUT2D eigenvalue weighted by atomic mass is 10.2. The molecule has 2 aromatic carbocycles. The Kier molecular flexibility index (Phi) is 4.07. The first-order chi connectivity index (χ1) is 9.86. The van der Waals surface area contributed by atoms with Crippen molar-refractivity contribution in [3.8, 4) is 6.07 Å². The summed E-state index contributed by atoms with van der Waals surface area (Å²) in [4.78, 5) is -0.0532. The predicted molar refractivity (Wildman–Crippen MR) is 82.6 cm³/mol. The van der Waals surface area contributed by atoms with E-state index in [0.29, 0.717) is 16.9 Å². The van der Waals surface area contributed by atoms with Crippen LogP contribution >= 0.6 is 11.6 Å². The van der Waals surface area contributed by atoms with Crippen LogP contribution in [0.4, 0.5) is 11.4 Å². The number of nitrogens with zero attached hydrogens (tertiary/aromatic N) is 2. The summed E-state index contributed by atoms with van der Waals surface area (Å²) in [5.74, 6) is 0. The number of hydrogen-bond acceptors (Lipinski definition) is 4. The summed E-state index contributed by atoms with van der Waals surface area (Å²) in [6.07, 6.45) is 0. The van der Waals surface area contributed by atoms with Gasteiger partial charge in [-0.2, -0.15) is 5.26 Å². The second kappa shape index (κ2) is 5.64.